The van der Waals surface area contributed by atoms with Gasteiger partial charge in [0.1, 0.15) is 0 Å². The molecule has 0 unspecified atom stereocenters. The highest BCUT2D eigenvalue weighted by Gasteiger charge is 2.27. The van der Waals surface area contributed by atoms with Crippen molar-refractivity contribution in [2.75, 3.05) is 27.2 Å². The molecule has 1 saturated heterocycles. The first-order valence-corrected chi connectivity index (χ1v) is 6.92. The molecule has 1 aliphatic rings. The first-order valence-electron chi connectivity index (χ1n) is 6.92. The van der Waals surface area contributed by atoms with Crippen LogP contribution < -0.4 is 0 Å². The van der Waals surface area contributed by atoms with E-state index >= 15 is 0 Å². The van der Waals surface area contributed by atoms with Crippen LogP contribution in [0.15, 0.2) is 6.07 Å². The Labute approximate surface area is 115 Å². The summed E-state index contributed by atoms with van der Waals surface area (Å²) >= 11 is 0. The predicted molar refractivity (Wildman–Crippen MR) is 75.0 cm³/mol. The third kappa shape index (κ3) is 3.35. The topological polar surface area (TPSA) is 41.4 Å². The summed E-state index contributed by atoms with van der Waals surface area (Å²) in [4.78, 5) is 15.8. The minimum Gasteiger partial charge on any atom is -0.348 e. The summed E-state index contributed by atoms with van der Waals surface area (Å²) in [5.74, 6) is 0.181. The smallest absolute Gasteiger partial charge is 0.236 e. The van der Waals surface area contributed by atoms with Gasteiger partial charge in [-0.3, -0.25) is 14.4 Å². The minimum absolute atomic E-state index is 0.181. The maximum Gasteiger partial charge on any atom is 0.236 e. The standard InChI is InChI=1S/C14H24N4O/c1-11-8-12(2)18(15-11)9-13-6-5-7-17(13)10-14(19)16(3)4/h8,13H,5-7,9-10H2,1-4H3/t13-/m1/s1. The Morgan fingerprint density at radius 3 is 2.79 bits per heavy atom. The van der Waals surface area contributed by atoms with Crippen molar-refractivity contribution in [3.05, 3.63) is 17.5 Å². The fourth-order valence-electron chi connectivity index (χ4n) is 2.68. The normalized spacial score (nSPS) is 19.9. The SMILES string of the molecule is Cc1cc(C)n(C[C@H]2CCCN2CC(=O)N(C)C)n1. The number of nitrogens with zero attached hydrogens (tertiary/aromatic N) is 4. The Hall–Kier alpha value is -1.36. The second-order valence-electron chi connectivity index (χ2n) is 5.66. The molecule has 0 aliphatic carbocycles. The Bertz CT molecular complexity index is 452. The van der Waals surface area contributed by atoms with Gasteiger partial charge in [0.05, 0.1) is 18.8 Å². The largest absolute Gasteiger partial charge is 0.348 e. The summed E-state index contributed by atoms with van der Waals surface area (Å²) in [6.45, 7) is 6.54. The zero-order chi connectivity index (χ0) is 14.0. The van der Waals surface area contributed by atoms with Gasteiger partial charge >= 0.3 is 0 Å². The van der Waals surface area contributed by atoms with E-state index in [-0.39, 0.29) is 5.91 Å². The first-order chi connectivity index (χ1) is 8.97. The lowest BCUT2D eigenvalue weighted by Gasteiger charge is -2.25. The van der Waals surface area contributed by atoms with Gasteiger partial charge in [0.2, 0.25) is 5.91 Å². The number of hydrogen-bond acceptors (Lipinski definition) is 3. The summed E-state index contributed by atoms with van der Waals surface area (Å²) < 4.78 is 2.07. The third-order valence-electron chi connectivity index (χ3n) is 3.82. The van der Waals surface area contributed by atoms with E-state index in [2.05, 4.69) is 27.7 Å². The van der Waals surface area contributed by atoms with E-state index in [1.807, 2.05) is 21.0 Å². The fourth-order valence-corrected chi connectivity index (χ4v) is 2.68. The van der Waals surface area contributed by atoms with Crippen molar-refractivity contribution >= 4 is 5.91 Å². The van der Waals surface area contributed by atoms with Crippen molar-refractivity contribution in [3.8, 4) is 0 Å². The average molecular weight is 264 g/mol. The number of rotatable bonds is 4. The van der Waals surface area contributed by atoms with E-state index in [0.29, 0.717) is 12.6 Å². The van der Waals surface area contributed by atoms with Crippen LogP contribution in [0.25, 0.3) is 0 Å². The molecule has 0 saturated carbocycles. The summed E-state index contributed by atoms with van der Waals surface area (Å²) in [7, 11) is 3.63. The van der Waals surface area contributed by atoms with E-state index in [9.17, 15) is 4.79 Å². The third-order valence-corrected chi connectivity index (χ3v) is 3.82. The molecule has 0 N–H and O–H groups in total. The maximum atomic E-state index is 11.8. The lowest BCUT2D eigenvalue weighted by atomic mass is 10.2. The summed E-state index contributed by atoms with van der Waals surface area (Å²) in [6.07, 6.45) is 2.32. The number of likely N-dealkylation sites (tertiary alicyclic amines) is 1. The lowest BCUT2D eigenvalue weighted by Crippen LogP contribution is -2.41. The molecule has 2 rings (SSSR count). The molecule has 0 radical (unpaired) electrons. The molecule has 0 spiro atoms. The van der Waals surface area contributed by atoms with E-state index < -0.39 is 0 Å². The molecular formula is C14H24N4O. The van der Waals surface area contributed by atoms with Crippen LogP contribution in [0, 0.1) is 13.8 Å². The van der Waals surface area contributed by atoms with Crippen molar-refractivity contribution in [1.82, 2.24) is 19.6 Å². The Morgan fingerprint density at radius 1 is 1.47 bits per heavy atom. The van der Waals surface area contributed by atoms with Gasteiger partial charge in [0, 0.05) is 25.8 Å². The Morgan fingerprint density at radius 2 is 2.21 bits per heavy atom. The van der Waals surface area contributed by atoms with E-state index in [1.54, 1.807) is 4.90 Å². The van der Waals surface area contributed by atoms with Crippen LogP contribution in [0.1, 0.15) is 24.2 Å². The van der Waals surface area contributed by atoms with Crippen molar-refractivity contribution in [1.29, 1.82) is 0 Å². The minimum atomic E-state index is 0.181. The number of hydrogen-bond donors (Lipinski definition) is 0. The number of likely N-dealkylation sites (N-methyl/N-ethyl adjacent to an activating group) is 1. The highest BCUT2D eigenvalue weighted by Crippen LogP contribution is 2.19. The molecule has 1 atom stereocenters. The zero-order valence-corrected chi connectivity index (χ0v) is 12.4. The molecule has 19 heavy (non-hydrogen) atoms. The summed E-state index contributed by atoms with van der Waals surface area (Å²) in [5, 5.41) is 4.52. The monoisotopic (exact) mass is 264 g/mol. The molecule has 5 heteroatoms. The van der Waals surface area contributed by atoms with Gasteiger partial charge in [0.25, 0.3) is 0 Å². The van der Waals surface area contributed by atoms with Gasteiger partial charge in [-0.1, -0.05) is 0 Å². The molecule has 1 aliphatic heterocycles. The Kier molecular flexibility index (Phi) is 4.24. The van der Waals surface area contributed by atoms with Gasteiger partial charge < -0.3 is 4.90 Å². The number of amides is 1. The molecule has 0 bridgehead atoms. The summed E-state index contributed by atoms with van der Waals surface area (Å²) in [5.41, 5.74) is 2.26. The van der Waals surface area contributed by atoms with Gasteiger partial charge in [-0.2, -0.15) is 5.10 Å². The quantitative estimate of drug-likeness (QED) is 0.816. The van der Waals surface area contributed by atoms with Crippen LogP contribution in [0.4, 0.5) is 0 Å². The lowest BCUT2D eigenvalue weighted by molar-refractivity contribution is -0.130. The number of aromatic nitrogens is 2. The molecule has 106 valence electrons. The van der Waals surface area contributed by atoms with Crippen LogP contribution in [-0.2, 0) is 11.3 Å². The van der Waals surface area contributed by atoms with E-state index in [1.165, 1.54) is 12.1 Å². The number of aryl methyl sites for hydroxylation is 2. The number of carbonyl (C=O) groups excluding carboxylic acids is 1. The molecule has 1 aromatic heterocycles. The zero-order valence-electron chi connectivity index (χ0n) is 12.4. The molecule has 5 nitrogen and oxygen atoms in total. The van der Waals surface area contributed by atoms with Gasteiger partial charge in [-0.05, 0) is 39.3 Å². The van der Waals surface area contributed by atoms with Crippen LogP contribution >= 0.6 is 0 Å². The fraction of sp³-hybridized carbons (Fsp3) is 0.714. The maximum absolute atomic E-state index is 11.8. The highest BCUT2D eigenvalue weighted by molar-refractivity contribution is 5.77. The molecule has 2 heterocycles. The van der Waals surface area contributed by atoms with E-state index in [4.69, 9.17) is 0 Å². The molecule has 1 aromatic rings. The van der Waals surface area contributed by atoms with Gasteiger partial charge in [-0.15, -0.1) is 0 Å². The van der Waals surface area contributed by atoms with E-state index in [0.717, 1.165) is 25.2 Å². The van der Waals surface area contributed by atoms with Crippen molar-refractivity contribution in [3.63, 3.8) is 0 Å². The second-order valence-corrected chi connectivity index (χ2v) is 5.66. The van der Waals surface area contributed by atoms with Crippen molar-refractivity contribution < 1.29 is 4.79 Å². The first kappa shape index (κ1) is 14.1. The van der Waals surface area contributed by atoms with Crippen LogP contribution in [0.3, 0.4) is 0 Å². The van der Waals surface area contributed by atoms with Gasteiger partial charge in [-0.25, -0.2) is 0 Å². The van der Waals surface area contributed by atoms with Crippen molar-refractivity contribution in [2.45, 2.75) is 39.3 Å². The van der Waals surface area contributed by atoms with Crippen LogP contribution in [-0.4, -0.2) is 58.7 Å². The van der Waals surface area contributed by atoms with Crippen molar-refractivity contribution in [2.24, 2.45) is 0 Å². The highest BCUT2D eigenvalue weighted by atomic mass is 16.2. The molecule has 0 aromatic carbocycles. The number of carbonyl (C=O) groups is 1. The Balaban J connectivity index is 1.99. The summed E-state index contributed by atoms with van der Waals surface area (Å²) in [6, 6.07) is 2.53. The van der Waals surface area contributed by atoms with Gasteiger partial charge in [0.15, 0.2) is 0 Å². The molecular weight excluding hydrogens is 240 g/mol. The predicted octanol–water partition coefficient (Wildman–Crippen LogP) is 1.05. The second kappa shape index (κ2) is 5.74. The van der Waals surface area contributed by atoms with Crippen LogP contribution in [0.2, 0.25) is 0 Å². The average Bonchev–Trinajstić information content (AvgIpc) is 2.87. The molecule has 1 fully saturated rings. The van der Waals surface area contributed by atoms with Crippen LogP contribution in [0.5, 0.6) is 0 Å². The molecule has 1 amide bonds.